The van der Waals surface area contributed by atoms with Crippen LogP contribution in [0.2, 0.25) is 0 Å². The molecule has 0 bridgehead atoms. The molecule has 20 heavy (non-hydrogen) atoms. The molecule has 2 saturated carbocycles. The van der Waals surface area contributed by atoms with E-state index in [0.29, 0.717) is 5.91 Å². The molecule has 1 atom stereocenters. The van der Waals surface area contributed by atoms with E-state index in [9.17, 15) is 4.79 Å². The van der Waals surface area contributed by atoms with Gasteiger partial charge in [-0.2, -0.15) is 0 Å². The summed E-state index contributed by atoms with van der Waals surface area (Å²) in [6, 6.07) is 8.63. The van der Waals surface area contributed by atoms with Crippen LogP contribution in [0.1, 0.15) is 37.4 Å². The SMILES string of the molecule is CSc1ccc(C2NC3(CC3)C(=O)N2CC2CC2)cc1. The van der Waals surface area contributed by atoms with Crippen LogP contribution >= 0.6 is 11.8 Å². The van der Waals surface area contributed by atoms with Crippen molar-refractivity contribution < 1.29 is 4.79 Å². The van der Waals surface area contributed by atoms with Crippen LogP contribution in [0.3, 0.4) is 0 Å². The van der Waals surface area contributed by atoms with Crippen LogP contribution in [0.4, 0.5) is 0 Å². The lowest BCUT2D eigenvalue weighted by atomic mass is 10.1. The summed E-state index contributed by atoms with van der Waals surface area (Å²) >= 11 is 1.75. The minimum atomic E-state index is -0.211. The van der Waals surface area contributed by atoms with E-state index in [0.717, 1.165) is 25.3 Å². The number of hydrogen-bond acceptors (Lipinski definition) is 3. The van der Waals surface area contributed by atoms with E-state index in [2.05, 4.69) is 40.7 Å². The first-order valence-electron chi connectivity index (χ1n) is 7.45. The van der Waals surface area contributed by atoms with Crippen molar-refractivity contribution in [1.82, 2.24) is 10.2 Å². The second kappa shape index (κ2) is 4.50. The number of rotatable bonds is 4. The average molecular weight is 288 g/mol. The van der Waals surface area contributed by atoms with Crippen LogP contribution in [0, 0.1) is 5.92 Å². The van der Waals surface area contributed by atoms with Crippen molar-refractivity contribution in [3.8, 4) is 0 Å². The fourth-order valence-corrected chi connectivity index (χ4v) is 3.50. The van der Waals surface area contributed by atoms with Crippen LogP contribution in [0.5, 0.6) is 0 Å². The van der Waals surface area contributed by atoms with E-state index < -0.39 is 0 Å². The Morgan fingerprint density at radius 1 is 1.30 bits per heavy atom. The van der Waals surface area contributed by atoms with Crippen molar-refractivity contribution in [2.45, 2.75) is 42.3 Å². The Hall–Kier alpha value is -1.00. The van der Waals surface area contributed by atoms with Gasteiger partial charge in [-0.05, 0) is 55.6 Å². The second-order valence-corrected chi connectivity index (χ2v) is 7.18. The summed E-state index contributed by atoms with van der Waals surface area (Å²) in [6.45, 7) is 0.933. The zero-order valence-corrected chi connectivity index (χ0v) is 12.6. The summed E-state index contributed by atoms with van der Waals surface area (Å²) in [5, 5.41) is 3.60. The van der Waals surface area contributed by atoms with E-state index >= 15 is 0 Å². The normalized spacial score (nSPS) is 27.4. The minimum absolute atomic E-state index is 0.0847. The average Bonchev–Trinajstić information content (AvgIpc) is 3.37. The standard InChI is InChI=1S/C16H20N2OS/c1-20-13-6-4-12(5-7-13)14-17-16(8-9-16)15(19)18(14)10-11-2-3-11/h4-7,11,14,17H,2-3,8-10H2,1H3. The molecule has 106 valence electrons. The molecule has 4 heteroatoms. The molecule has 0 aromatic heterocycles. The Balaban J connectivity index is 1.61. The highest BCUT2D eigenvalue weighted by Gasteiger charge is 2.59. The van der Waals surface area contributed by atoms with Crippen LogP contribution in [-0.4, -0.2) is 29.1 Å². The van der Waals surface area contributed by atoms with Crippen molar-refractivity contribution in [2.24, 2.45) is 5.92 Å². The molecule has 3 fully saturated rings. The van der Waals surface area contributed by atoms with Crippen molar-refractivity contribution in [3.05, 3.63) is 29.8 Å². The quantitative estimate of drug-likeness (QED) is 0.865. The zero-order valence-electron chi connectivity index (χ0n) is 11.8. The lowest BCUT2D eigenvalue weighted by molar-refractivity contribution is -0.131. The van der Waals surface area contributed by atoms with Gasteiger partial charge in [-0.25, -0.2) is 0 Å². The van der Waals surface area contributed by atoms with Crippen LogP contribution in [0.15, 0.2) is 29.2 Å². The Morgan fingerprint density at radius 3 is 2.55 bits per heavy atom. The number of amides is 1. The van der Waals surface area contributed by atoms with Gasteiger partial charge in [-0.3, -0.25) is 10.1 Å². The van der Waals surface area contributed by atoms with E-state index in [1.54, 1.807) is 11.8 Å². The van der Waals surface area contributed by atoms with E-state index in [1.807, 2.05) is 0 Å². The van der Waals surface area contributed by atoms with Crippen molar-refractivity contribution in [1.29, 1.82) is 0 Å². The molecule has 1 saturated heterocycles. The molecule has 1 heterocycles. The number of carbonyl (C=O) groups excluding carboxylic acids is 1. The van der Waals surface area contributed by atoms with Crippen LogP contribution in [0.25, 0.3) is 0 Å². The molecular weight excluding hydrogens is 268 g/mol. The Kier molecular flexibility index (Phi) is 2.86. The number of carbonyl (C=O) groups is 1. The molecule has 3 aliphatic rings. The zero-order chi connectivity index (χ0) is 13.7. The molecular formula is C16H20N2OS. The lowest BCUT2D eigenvalue weighted by Crippen LogP contribution is -2.33. The highest BCUT2D eigenvalue weighted by molar-refractivity contribution is 7.98. The summed E-state index contributed by atoms with van der Waals surface area (Å²) in [5.41, 5.74) is 1.01. The van der Waals surface area contributed by atoms with Gasteiger partial charge >= 0.3 is 0 Å². The summed E-state index contributed by atoms with van der Waals surface area (Å²) in [7, 11) is 0. The Bertz CT molecular complexity index is 534. The summed E-state index contributed by atoms with van der Waals surface area (Å²) in [4.78, 5) is 16.0. The van der Waals surface area contributed by atoms with Crippen molar-refractivity contribution in [2.75, 3.05) is 12.8 Å². The molecule has 1 spiro atoms. The third kappa shape index (κ3) is 2.06. The van der Waals surface area contributed by atoms with Gasteiger partial charge in [0.1, 0.15) is 11.7 Å². The molecule has 1 amide bonds. The molecule has 1 unspecified atom stereocenters. The molecule has 1 aromatic carbocycles. The van der Waals surface area contributed by atoms with E-state index in [4.69, 9.17) is 0 Å². The maximum Gasteiger partial charge on any atom is 0.244 e. The third-order valence-electron chi connectivity index (χ3n) is 4.73. The third-order valence-corrected chi connectivity index (χ3v) is 5.47. The molecule has 3 nitrogen and oxygen atoms in total. The van der Waals surface area contributed by atoms with Gasteiger partial charge in [-0.15, -0.1) is 11.8 Å². The number of hydrogen-bond donors (Lipinski definition) is 1. The van der Waals surface area contributed by atoms with Gasteiger partial charge in [0.05, 0.1) is 0 Å². The lowest BCUT2D eigenvalue weighted by Gasteiger charge is -2.24. The van der Waals surface area contributed by atoms with Gasteiger partial charge in [0.15, 0.2) is 0 Å². The van der Waals surface area contributed by atoms with Crippen LogP contribution in [-0.2, 0) is 4.79 Å². The predicted octanol–water partition coefficient (Wildman–Crippen LogP) is 2.78. The molecule has 1 N–H and O–H groups in total. The topological polar surface area (TPSA) is 32.3 Å². The smallest absolute Gasteiger partial charge is 0.244 e. The van der Waals surface area contributed by atoms with Gasteiger partial charge < -0.3 is 4.90 Å². The highest BCUT2D eigenvalue weighted by atomic mass is 32.2. The summed E-state index contributed by atoms with van der Waals surface area (Å²) in [6.07, 6.45) is 6.76. The number of benzene rings is 1. The first-order chi connectivity index (χ1) is 9.72. The van der Waals surface area contributed by atoms with E-state index in [1.165, 1.54) is 23.3 Å². The molecule has 0 radical (unpaired) electrons. The van der Waals surface area contributed by atoms with Gasteiger partial charge in [0.25, 0.3) is 0 Å². The second-order valence-electron chi connectivity index (χ2n) is 6.30. The Labute approximate surface area is 124 Å². The summed E-state index contributed by atoms with van der Waals surface area (Å²) < 4.78 is 0. The molecule has 1 aliphatic heterocycles. The fourth-order valence-electron chi connectivity index (χ4n) is 3.09. The predicted molar refractivity (Wildman–Crippen MR) is 80.5 cm³/mol. The monoisotopic (exact) mass is 288 g/mol. The largest absolute Gasteiger partial charge is 0.321 e. The van der Waals surface area contributed by atoms with Gasteiger partial charge in [0, 0.05) is 11.4 Å². The summed E-state index contributed by atoms with van der Waals surface area (Å²) in [5.74, 6) is 1.07. The van der Waals surface area contributed by atoms with Crippen LogP contribution < -0.4 is 5.32 Å². The molecule has 2 aliphatic carbocycles. The van der Waals surface area contributed by atoms with Gasteiger partial charge in [-0.1, -0.05) is 12.1 Å². The highest BCUT2D eigenvalue weighted by Crippen LogP contribution is 2.47. The first-order valence-corrected chi connectivity index (χ1v) is 8.67. The minimum Gasteiger partial charge on any atom is -0.321 e. The maximum absolute atomic E-state index is 12.6. The Morgan fingerprint density at radius 2 is 2.00 bits per heavy atom. The van der Waals surface area contributed by atoms with Crippen molar-refractivity contribution >= 4 is 17.7 Å². The first kappa shape index (κ1) is 12.7. The number of thioether (sulfide) groups is 1. The van der Waals surface area contributed by atoms with E-state index in [-0.39, 0.29) is 11.7 Å². The number of nitrogens with one attached hydrogen (secondary N) is 1. The molecule has 4 rings (SSSR count). The number of nitrogens with zero attached hydrogens (tertiary/aromatic N) is 1. The fraction of sp³-hybridized carbons (Fsp3) is 0.562. The van der Waals surface area contributed by atoms with Crippen molar-refractivity contribution in [3.63, 3.8) is 0 Å². The van der Waals surface area contributed by atoms with Gasteiger partial charge in [0.2, 0.25) is 5.91 Å². The maximum atomic E-state index is 12.6. The molecule has 1 aromatic rings.